The van der Waals surface area contributed by atoms with Gasteiger partial charge in [-0.3, -0.25) is 0 Å². The molecule has 0 amide bonds. The van der Waals surface area contributed by atoms with E-state index in [1.807, 2.05) is 0 Å². The average molecular weight is 243 g/mol. The molecule has 0 N–H and O–H groups in total. The van der Waals surface area contributed by atoms with E-state index < -0.39 is 0 Å². The van der Waals surface area contributed by atoms with Crippen molar-refractivity contribution in [2.45, 2.75) is 57.9 Å². The summed E-state index contributed by atoms with van der Waals surface area (Å²) in [6.45, 7) is 9.36. The van der Waals surface area contributed by atoms with Crippen molar-refractivity contribution in [3.8, 4) is 0 Å². The summed E-state index contributed by atoms with van der Waals surface area (Å²) in [5.74, 6) is 0.879. The molecule has 1 nitrogen and oxygen atoms in total. The lowest BCUT2D eigenvalue weighted by Crippen LogP contribution is -2.28. The van der Waals surface area contributed by atoms with Crippen molar-refractivity contribution < 1.29 is 0 Å². The van der Waals surface area contributed by atoms with Crippen LogP contribution < -0.4 is 0 Å². The molecule has 0 unspecified atom stereocenters. The molecule has 0 saturated heterocycles. The molecule has 0 bridgehead atoms. The maximum atomic E-state index is 2.52. The first-order chi connectivity index (χ1) is 8.45. The molecule has 98 valence electrons. The lowest BCUT2D eigenvalue weighted by molar-refractivity contribution is 0.311. The zero-order chi connectivity index (χ0) is 12.9. The van der Waals surface area contributed by atoms with Crippen molar-refractivity contribution in [2.75, 3.05) is 13.6 Å². The average Bonchev–Trinajstić information content (AvgIpc) is 3.09. The van der Waals surface area contributed by atoms with Gasteiger partial charge in [-0.15, -0.1) is 0 Å². The van der Waals surface area contributed by atoms with Crippen molar-refractivity contribution in [3.05, 3.63) is 34.4 Å². The molecule has 18 heavy (non-hydrogen) atoms. The van der Waals surface area contributed by atoms with E-state index in [-0.39, 0.29) is 5.41 Å². The lowest BCUT2D eigenvalue weighted by atomic mass is 9.81. The van der Waals surface area contributed by atoms with Gasteiger partial charge >= 0.3 is 0 Å². The van der Waals surface area contributed by atoms with Crippen LogP contribution in [0.25, 0.3) is 0 Å². The van der Waals surface area contributed by atoms with Gasteiger partial charge in [-0.05, 0) is 59.9 Å². The van der Waals surface area contributed by atoms with Crippen LogP contribution in [0.2, 0.25) is 0 Å². The van der Waals surface area contributed by atoms with Gasteiger partial charge in [0.1, 0.15) is 0 Å². The smallest absolute Gasteiger partial charge is 0.0233 e. The van der Waals surface area contributed by atoms with Crippen LogP contribution in [0.5, 0.6) is 0 Å². The highest BCUT2D eigenvalue weighted by atomic mass is 15.1. The summed E-state index contributed by atoms with van der Waals surface area (Å²) < 4.78 is 0. The summed E-state index contributed by atoms with van der Waals surface area (Å²) >= 11 is 0. The first kappa shape index (κ1) is 12.2. The zero-order valence-electron chi connectivity index (χ0n) is 12.2. The topological polar surface area (TPSA) is 3.24 Å². The summed E-state index contributed by atoms with van der Waals surface area (Å²) in [4.78, 5) is 2.45. The molecule has 1 aromatic carbocycles. The maximum absolute atomic E-state index is 2.52. The number of hydrogen-bond acceptors (Lipinski definition) is 1. The van der Waals surface area contributed by atoms with Crippen LogP contribution in [0.4, 0.5) is 0 Å². The minimum Gasteiger partial charge on any atom is -0.302 e. The maximum Gasteiger partial charge on any atom is 0.0233 e. The third-order valence-electron chi connectivity index (χ3n) is 4.44. The number of likely N-dealkylation sites (N-methyl/N-ethyl adjacent to an activating group) is 1. The molecular weight excluding hydrogens is 218 g/mol. The fraction of sp³-hybridized carbons (Fsp3) is 0.647. The quantitative estimate of drug-likeness (QED) is 0.724. The molecule has 2 aliphatic rings. The summed E-state index contributed by atoms with van der Waals surface area (Å²) in [5, 5.41) is 0. The molecule has 1 aliphatic heterocycles. The van der Waals surface area contributed by atoms with E-state index in [1.165, 1.54) is 31.4 Å². The number of rotatable bonds is 1. The molecule has 1 heteroatoms. The van der Waals surface area contributed by atoms with Gasteiger partial charge in [-0.25, -0.2) is 0 Å². The van der Waals surface area contributed by atoms with Gasteiger partial charge < -0.3 is 4.90 Å². The normalized spacial score (nSPS) is 20.9. The standard InChI is InChI=1S/C17H25N/c1-17(2,3)14-9-13-11-18(4)8-7-15(13)16(10-14)12-5-6-12/h9-10,12H,5-8,11H2,1-4H3. The van der Waals surface area contributed by atoms with E-state index in [0.29, 0.717) is 0 Å². The predicted octanol–water partition coefficient (Wildman–Crippen LogP) is 3.85. The predicted molar refractivity (Wildman–Crippen MR) is 77.2 cm³/mol. The van der Waals surface area contributed by atoms with Crippen molar-refractivity contribution >= 4 is 0 Å². The van der Waals surface area contributed by atoms with Gasteiger partial charge in [0.25, 0.3) is 0 Å². The number of nitrogens with zero attached hydrogens (tertiary/aromatic N) is 1. The van der Waals surface area contributed by atoms with Gasteiger partial charge in [-0.2, -0.15) is 0 Å². The van der Waals surface area contributed by atoms with Gasteiger partial charge in [0.15, 0.2) is 0 Å². The molecule has 0 atom stereocenters. The van der Waals surface area contributed by atoms with Crippen LogP contribution in [-0.4, -0.2) is 18.5 Å². The molecule has 1 fully saturated rings. The highest BCUT2D eigenvalue weighted by Crippen LogP contribution is 2.44. The third-order valence-corrected chi connectivity index (χ3v) is 4.44. The third kappa shape index (κ3) is 2.21. The molecule has 1 heterocycles. The molecule has 3 rings (SSSR count). The Morgan fingerprint density at radius 1 is 1.17 bits per heavy atom. The first-order valence-corrected chi connectivity index (χ1v) is 7.30. The fourth-order valence-corrected chi connectivity index (χ4v) is 3.07. The Hall–Kier alpha value is -0.820. The second-order valence-corrected chi connectivity index (χ2v) is 7.22. The number of hydrogen-bond donors (Lipinski definition) is 0. The van der Waals surface area contributed by atoms with Crippen LogP contribution >= 0.6 is 0 Å². The highest BCUT2D eigenvalue weighted by molar-refractivity contribution is 5.46. The number of fused-ring (bicyclic) bond motifs is 1. The Kier molecular flexibility index (Phi) is 2.78. The Balaban J connectivity index is 2.10. The van der Waals surface area contributed by atoms with Gasteiger partial charge in [0, 0.05) is 13.1 Å². The van der Waals surface area contributed by atoms with Gasteiger partial charge in [0.05, 0.1) is 0 Å². The fourth-order valence-electron chi connectivity index (χ4n) is 3.07. The van der Waals surface area contributed by atoms with Crippen LogP contribution in [0, 0.1) is 0 Å². The van der Waals surface area contributed by atoms with E-state index >= 15 is 0 Å². The van der Waals surface area contributed by atoms with Crippen molar-refractivity contribution in [1.29, 1.82) is 0 Å². The minimum atomic E-state index is 0.273. The Morgan fingerprint density at radius 2 is 1.89 bits per heavy atom. The van der Waals surface area contributed by atoms with Crippen molar-refractivity contribution in [3.63, 3.8) is 0 Å². The van der Waals surface area contributed by atoms with E-state index in [1.54, 1.807) is 16.7 Å². The lowest BCUT2D eigenvalue weighted by Gasteiger charge is -2.30. The van der Waals surface area contributed by atoms with Crippen LogP contribution in [-0.2, 0) is 18.4 Å². The largest absolute Gasteiger partial charge is 0.302 e. The number of benzene rings is 1. The van der Waals surface area contributed by atoms with Crippen LogP contribution in [0.3, 0.4) is 0 Å². The van der Waals surface area contributed by atoms with E-state index in [9.17, 15) is 0 Å². The summed E-state index contributed by atoms with van der Waals surface area (Å²) in [6.07, 6.45) is 4.08. The van der Waals surface area contributed by atoms with Crippen LogP contribution in [0.1, 0.15) is 61.8 Å². The minimum absolute atomic E-state index is 0.273. The SMILES string of the molecule is CN1CCc2c(cc(C(C)(C)C)cc2C2CC2)C1. The van der Waals surface area contributed by atoms with E-state index in [4.69, 9.17) is 0 Å². The monoisotopic (exact) mass is 243 g/mol. The summed E-state index contributed by atoms with van der Waals surface area (Å²) in [5.41, 5.74) is 6.76. The molecule has 1 aromatic rings. The van der Waals surface area contributed by atoms with Crippen molar-refractivity contribution in [1.82, 2.24) is 4.90 Å². The second-order valence-electron chi connectivity index (χ2n) is 7.22. The molecule has 1 aliphatic carbocycles. The summed E-state index contributed by atoms with van der Waals surface area (Å²) in [7, 11) is 2.24. The highest BCUT2D eigenvalue weighted by Gasteiger charge is 2.30. The van der Waals surface area contributed by atoms with Crippen LogP contribution in [0.15, 0.2) is 12.1 Å². The van der Waals surface area contributed by atoms with Gasteiger partial charge in [-0.1, -0.05) is 32.9 Å². The van der Waals surface area contributed by atoms with Crippen molar-refractivity contribution in [2.24, 2.45) is 0 Å². The second kappa shape index (κ2) is 4.09. The van der Waals surface area contributed by atoms with E-state index in [0.717, 1.165) is 12.5 Å². The Bertz CT molecular complexity index is 463. The molecular formula is C17H25N. The molecule has 0 spiro atoms. The summed E-state index contributed by atoms with van der Waals surface area (Å²) in [6, 6.07) is 4.98. The molecule has 0 radical (unpaired) electrons. The zero-order valence-corrected chi connectivity index (χ0v) is 12.2. The van der Waals surface area contributed by atoms with E-state index in [2.05, 4.69) is 44.9 Å². The molecule has 1 saturated carbocycles. The Morgan fingerprint density at radius 3 is 2.50 bits per heavy atom. The van der Waals surface area contributed by atoms with Gasteiger partial charge in [0.2, 0.25) is 0 Å². The first-order valence-electron chi connectivity index (χ1n) is 7.30. The Labute approximate surface area is 111 Å². The molecule has 0 aromatic heterocycles.